The summed E-state index contributed by atoms with van der Waals surface area (Å²) in [6.45, 7) is 4.24. The average Bonchev–Trinajstić information content (AvgIpc) is 1.86. The largest absolute Gasteiger partial charge is 0.302 e. The Bertz CT molecular complexity index is 83.6. The summed E-state index contributed by atoms with van der Waals surface area (Å²) in [6, 6.07) is 0. The Labute approximate surface area is 69.2 Å². The molecule has 0 saturated heterocycles. The van der Waals surface area contributed by atoms with Gasteiger partial charge in [0, 0.05) is 0 Å². The molecule has 0 aromatic heterocycles. The standard InChI is InChI=1S/C9H20FN/c1-3-4-5-6-8(2)7-9(10)11/h8-9H,3-7,11H2,1-2H3. The number of alkyl halides is 1. The monoisotopic (exact) mass is 161 g/mol. The van der Waals surface area contributed by atoms with Gasteiger partial charge in [-0.2, -0.15) is 0 Å². The predicted octanol–water partition coefficient (Wildman–Crippen LogP) is 2.85. The Kier molecular flexibility index (Phi) is 6.52. The van der Waals surface area contributed by atoms with Crippen LogP contribution >= 0.6 is 0 Å². The van der Waals surface area contributed by atoms with Crippen LogP contribution in [0.1, 0.15) is 46.0 Å². The average molecular weight is 161 g/mol. The van der Waals surface area contributed by atoms with E-state index >= 15 is 0 Å². The summed E-state index contributed by atoms with van der Waals surface area (Å²) in [4.78, 5) is 0. The Balaban J connectivity index is 3.15. The molecule has 0 fully saturated rings. The van der Waals surface area contributed by atoms with Crippen LogP contribution in [0.5, 0.6) is 0 Å². The van der Waals surface area contributed by atoms with Crippen molar-refractivity contribution in [2.45, 2.75) is 52.2 Å². The van der Waals surface area contributed by atoms with Gasteiger partial charge in [0.25, 0.3) is 0 Å². The first kappa shape index (κ1) is 10.9. The molecule has 0 aromatic carbocycles. The van der Waals surface area contributed by atoms with Gasteiger partial charge in [0.1, 0.15) is 6.30 Å². The van der Waals surface area contributed by atoms with Gasteiger partial charge in [0.15, 0.2) is 0 Å². The molecule has 0 bridgehead atoms. The molecule has 0 saturated carbocycles. The molecule has 0 spiro atoms. The first-order chi connectivity index (χ1) is 5.16. The second kappa shape index (κ2) is 6.59. The van der Waals surface area contributed by atoms with Gasteiger partial charge >= 0.3 is 0 Å². The van der Waals surface area contributed by atoms with E-state index in [1.807, 2.05) is 0 Å². The third kappa shape index (κ3) is 7.79. The molecule has 2 N–H and O–H groups in total. The Morgan fingerprint density at radius 3 is 2.45 bits per heavy atom. The normalized spacial score (nSPS) is 16.4. The SMILES string of the molecule is CCCCCC(C)CC(N)F. The van der Waals surface area contributed by atoms with E-state index in [1.54, 1.807) is 0 Å². The van der Waals surface area contributed by atoms with Gasteiger partial charge in [-0.1, -0.05) is 39.5 Å². The van der Waals surface area contributed by atoms with Gasteiger partial charge in [0.05, 0.1) is 0 Å². The van der Waals surface area contributed by atoms with Crippen molar-refractivity contribution in [3.63, 3.8) is 0 Å². The van der Waals surface area contributed by atoms with Gasteiger partial charge in [-0.15, -0.1) is 0 Å². The topological polar surface area (TPSA) is 26.0 Å². The summed E-state index contributed by atoms with van der Waals surface area (Å²) in [6.07, 6.45) is 4.21. The maximum absolute atomic E-state index is 12.2. The van der Waals surface area contributed by atoms with Crippen molar-refractivity contribution in [1.29, 1.82) is 0 Å². The number of unbranched alkanes of at least 4 members (excludes halogenated alkanes) is 2. The smallest absolute Gasteiger partial charge is 0.148 e. The zero-order valence-corrected chi connectivity index (χ0v) is 7.65. The zero-order chi connectivity index (χ0) is 8.69. The minimum Gasteiger partial charge on any atom is -0.302 e. The molecule has 0 aromatic rings. The molecule has 1 nitrogen and oxygen atoms in total. The highest BCUT2D eigenvalue weighted by molar-refractivity contribution is 4.56. The molecule has 0 radical (unpaired) electrons. The summed E-state index contributed by atoms with van der Waals surface area (Å²) in [7, 11) is 0. The lowest BCUT2D eigenvalue weighted by molar-refractivity contribution is 0.274. The number of rotatable bonds is 6. The lowest BCUT2D eigenvalue weighted by Crippen LogP contribution is -2.16. The first-order valence-corrected chi connectivity index (χ1v) is 4.56. The number of nitrogens with two attached hydrogens (primary N) is 1. The number of halogens is 1. The molecule has 2 atom stereocenters. The Morgan fingerprint density at radius 2 is 2.00 bits per heavy atom. The highest BCUT2D eigenvalue weighted by Crippen LogP contribution is 2.14. The summed E-state index contributed by atoms with van der Waals surface area (Å²) in [5, 5.41) is 0. The summed E-state index contributed by atoms with van der Waals surface area (Å²) < 4.78 is 12.2. The lowest BCUT2D eigenvalue weighted by Gasteiger charge is -2.10. The number of hydrogen-bond acceptors (Lipinski definition) is 1. The van der Waals surface area contributed by atoms with Crippen molar-refractivity contribution >= 4 is 0 Å². The summed E-state index contributed by atoms with van der Waals surface area (Å²) >= 11 is 0. The molecular weight excluding hydrogens is 141 g/mol. The molecule has 0 heterocycles. The first-order valence-electron chi connectivity index (χ1n) is 4.56. The van der Waals surface area contributed by atoms with Crippen molar-refractivity contribution in [3.8, 4) is 0 Å². The van der Waals surface area contributed by atoms with E-state index in [1.165, 1.54) is 19.3 Å². The van der Waals surface area contributed by atoms with E-state index in [0.717, 1.165) is 6.42 Å². The molecule has 68 valence electrons. The molecule has 2 unspecified atom stereocenters. The van der Waals surface area contributed by atoms with Gasteiger partial charge < -0.3 is 5.73 Å². The van der Waals surface area contributed by atoms with Gasteiger partial charge in [-0.05, 0) is 12.3 Å². The van der Waals surface area contributed by atoms with Gasteiger partial charge in [0.2, 0.25) is 0 Å². The van der Waals surface area contributed by atoms with Crippen LogP contribution < -0.4 is 5.73 Å². The Hall–Kier alpha value is -0.110. The van der Waals surface area contributed by atoms with Crippen LogP contribution in [0.4, 0.5) is 4.39 Å². The van der Waals surface area contributed by atoms with Crippen LogP contribution in [-0.2, 0) is 0 Å². The fourth-order valence-corrected chi connectivity index (χ4v) is 1.25. The van der Waals surface area contributed by atoms with E-state index in [2.05, 4.69) is 13.8 Å². The summed E-state index contributed by atoms with van der Waals surface area (Å²) in [5.41, 5.74) is 5.03. The van der Waals surface area contributed by atoms with Gasteiger partial charge in [-0.3, -0.25) is 0 Å². The third-order valence-electron chi connectivity index (χ3n) is 1.93. The highest BCUT2D eigenvalue weighted by Gasteiger charge is 2.06. The fourth-order valence-electron chi connectivity index (χ4n) is 1.25. The lowest BCUT2D eigenvalue weighted by atomic mass is 10.00. The highest BCUT2D eigenvalue weighted by atomic mass is 19.1. The second-order valence-corrected chi connectivity index (χ2v) is 3.35. The van der Waals surface area contributed by atoms with E-state index in [-0.39, 0.29) is 0 Å². The van der Waals surface area contributed by atoms with E-state index in [4.69, 9.17) is 5.73 Å². The summed E-state index contributed by atoms with van der Waals surface area (Å²) in [5.74, 6) is 0.446. The van der Waals surface area contributed by atoms with Crippen LogP contribution in [0, 0.1) is 5.92 Å². The molecule has 0 aliphatic rings. The molecule has 0 aliphatic heterocycles. The molecule has 0 aliphatic carbocycles. The van der Waals surface area contributed by atoms with E-state index in [9.17, 15) is 4.39 Å². The van der Waals surface area contributed by atoms with Crippen molar-refractivity contribution in [2.75, 3.05) is 0 Å². The van der Waals surface area contributed by atoms with Crippen molar-refractivity contribution in [2.24, 2.45) is 11.7 Å². The van der Waals surface area contributed by atoms with Crippen LogP contribution in [0.15, 0.2) is 0 Å². The molecular formula is C9H20FN. The maximum atomic E-state index is 12.2. The van der Waals surface area contributed by atoms with Crippen molar-refractivity contribution in [1.82, 2.24) is 0 Å². The van der Waals surface area contributed by atoms with Crippen LogP contribution in [0.25, 0.3) is 0 Å². The fraction of sp³-hybridized carbons (Fsp3) is 1.00. The molecule has 11 heavy (non-hydrogen) atoms. The third-order valence-corrected chi connectivity index (χ3v) is 1.93. The van der Waals surface area contributed by atoms with Crippen LogP contribution in [0.3, 0.4) is 0 Å². The van der Waals surface area contributed by atoms with E-state index in [0.29, 0.717) is 12.3 Å². The van der Waals surface area contributed by atoms with Crippen LogP contribution in [-0.4, -0.2) is 6.30 Å². The van der Waals surface area contributed by atoms with Gasteiger partial charge in [-0.25, -0.2) is 4.39 Å². The van der Waals surface area contributed by atoms with Crippen LogP contribution in [0.2, 0.25) is 0 Å². The minimum atomic E-state index is -1.12. The predicted molar refractivity (Wildman–Crippen MR) is 47.0 cm³/mol. The maximum Gasteiger partial charge on any atom is 0.148 e. The van der Waals surface area contributed by atoms with Crippen molar-refractivity contribution < 1.29 is 4.39 Å². The second-order valence-electron chi connectivity index (χ2n) is 3.35. The van der Waals surface area contributed by atoms with Crippen molar-refractivity contribution in [3.05, 3.63) is 0 Å². The minimum absolute atomic E-state index is 0.446. The zero-order valence-electron chi connectivity index (χ0n) is 7.65. The molecule has 2 heteroatoms. The molecule has 0 amide bonds. The van der Waals surface area contributed by atoms with E-state index < -0.39 is 6.30 Å². The quantitative estimate of drug-likeness (QED) is 0.470. The molecule has 0 rings (SSSR count). The number of hydrogen-bond donors (Lipinski definition) is 1. The Morgan fingerprint density at radius 1 is 1.36 bits per heavy atom.